The van der Waals surface area contributed by atoms with Gasteiger partial charge in [0.2, 0.25) is 5.78 Å². The van der Waals surface area contributed by atoms with Crippen LogP contribution in [0.1, 0.15) is 26.7 Å². The van der Waals surface area contributed by atoms with Crippen molar-refractivity contribution in [3.05, 3.63) is 0 Å². The highest BCUT2D eigenvalue weighted by atomic mass is 19.3. The summed E-state index contributed by atoms with van der Waals surface area (Å²) in [5, 5.41) is 9.77. The van der Waals surface area contributed by atoms with Gasteiger partial charge in [0.05, 0.1) is 0 Å². The second-order valence-electron chi connectivity index (χ2n) is 4.24. The fourth-order valence-electron chi connectivity index (χ4n) is 1.61. The number of hydrogen-bond acceptors (Lipinski definition) is 3. The van der Waals surface area contributed by atoms with Crippen LogP contribution in [0.4, 0.5) is 8.78 Å². The summed E-state index contributed by atoms with van der Waals surface area (Å²) in [4.78, 5) is 11.3. The first-order chi connectivity index (χ1) is 6.81. The maximum absolute atomic E-state index is 13.7. The van der Waals surface area contributed by atoms with E-state index in [1.807, 2.05) is 0 Å². The first-order valence-corrected chi connectivity index (χ1v) is 5.03. The number of carbonyl (C=O) groups is 1. The van der Waals surface area contributed by atoms with Gasteiger partial charge < -0.3 is 9.84 Å². The lowest BCUT2D eigenvalue weighted by Crippen LogP contribution is -2.57. The molecule has 0 aromatic carbocycles. The third kappa shape index (κ3) is 2.18. The molecule has 1 saturated heterocycles. The van der Waals surface area contributed by atoms with Crippen LogP contribution in [0.3, 0.4) is 0 Å². The summed E-state index contributed by atoms with van der Waals surface area (Å²) >= 11 is 0. The Kier molecular flexibility index (Phi) is 3.45. The summed E-state index contributed by atoms with van der Waals surface area (Å²) in [6.45, 7) is 2.94. The Labute approximate surface area is 87.4 Å². The quantitative estimate of drug-likeness (QED) is 0.784. The number of halogens is 2. The van der Waals surface area contributed by atoms with E-state index >= 15 is 0 Å². The molecule has 0 atom stereocenters. The highest BCUT2D eigenvalue weighted by molar-refractivity contribution is 5.88. The second kappa shape index (κ2) is 4.14. The highest BCUT2D eigenvalue weighted by Gasteiger charge is 2.58. The van der Waals surface area contributed by atoms with Gasteiger partial charge in [0, 0.05) is 32.0 Å². The lowest BCUT2D eigenvalue weighted by molar-refractivity contribution is -0.213. The van der Waals surface area contributed by atoms with Crippen molar-refractivity contribution in [1.82, 2.24) is 0 Å². The van der Waals surface area contributed by atoms with Crippen molar-refractivity contribution in [2.45, 2.75) is 38.2 Å². The average Bonchev–Trinajstić information content (AvgIpc) is 2.17. The van der Waals surface area contributed by atoms with E-state index in [9.17, 15) is 18.7 Å². The molecule has 0 aromatic rings. The molecule has 5 heteroatoms. The molecule has 1 aliphatic rings. The van der Waals surface area contributed by atoms with Gasteiger partial charge in [-0.3, -0.25) is 4.79 Å². The molecule has 88 valence electrons. The van der Waals surface area contributed by atoms with E-state index in [-0.39, 0.29) is 26.1 Å². The van der Waals surface area contributed by atoms with Crippen molar-refractivity contribution in [1.29, 1.82) is 0 Å². The largest absolute Gasteiger partial charge is 0.383 e. The second-order valence-corrected chi connectivity index (χ2v) is 4.24. The zero-order valence-corrected chi connectivity index (χ0v) is 8.93. The summed E-state index contributed by atoms with van der Waals surface area (Å²) in [6.07, 6.45) is -0.392. The third-order valence-electron chi connectivity index (χ3n) is 2.74. The Morgan fingerprint density at radius 3 is 2.27 bits per heavy atom. The van der Waals surface area contributed by atoms with E-state index in [1.165, 1.54) is 13.8 Å². The monoisotopic (exact) mass is 222 g/mol. The van der Waals surface area contributed by atoms with E-state index in [0.29, 0.717) is 0 Å². The number of alkyl halides is 2. The fourth-order valence-corrected chi connectivity index (χ4v) is 1.61. The third-order valence-corrected chi connectivity index (χ3v) is 2.74. The molecule has 0 unspecified atom stereocenters. The normalized spacial score (nSPS) is 21.7. The van der Waals surface area contributed by atoms with Crippen LogP contribution in [-0.2, 0) is 9.53 Å². The van der Waals surface area contributed by atoms with Crippen LogP contribution in [0, 0.1) is 5.92 Å². The van der Waals surface area contributed by atoms with Crippen molar-refractivity contribution >= 4 is 5.78 Å². The smallest absolute Gasteiger partial charge is 0.333 e. The van der Waals surface area contributed by atoms with Crippen LogP contribution < -0.4 is 0 Å². The Hall–Kier alpha value is -0.550. The molecule has 0 amide bonds. The van der Waals surface area contributed by atoms with Crippen LogP contribution in [0.15, 0.2) is 0 Å². The summed E-state index contributed by atoms with van der Waals surface area (Å²) < 4.78 is 32.3. The van der Waals surface area contributed by atoms with E-state index in [4.69, 9.17) is 4.74 Å². The number of ether oxygens (including phenoxy) is 1. The van der Waals surface area contributed by atoms with Gasteiger partial charge in [-0.25, -0.2) is 0 Å². The predicted molar refractivity (Wildman–Crippen MR) is 49.8 cm³/mol. The zero-order valence-electron chi connectivity index (χ0n) is 8.93. The van der Waals surface area contributed by atoms with Crippen molar-refractivity contribution in [2.75, 3.05) is 13.2 Å². The molecular formula is C10H16F2O3. The molecule has 0 bridgehead atoms. The molecule has 0 aromatic heterocycles. The van der Waals surface area contributed by atoms with E-state index < -0.39 is 23.2 Å². The summed E-state index contributed by atoms with van der Waals surface area (Å²) in [5.41, 5.74) is -2.23. The van der Waals surface area contributed by atoms with E-state index in [1.54, 1.807) is 0 Å². The van der Waals surface area contributed by atoms with Crippen LogP contribution in [0.25, 0.3) is 0 Å². The molecule has 1 N–H and O–H groups in total. The van der Waals surface area contributed by atoms with Gasteiger partial charge in [0.15, 0.2) is 0 Å². The maximum atomic E-state index is 13.7. The van der Waals surface area contributed by atoms with Crippen LogP contribution in [0.5, 0.6) is 0 Å². The summed E-state index contributed by atoms with van der Waals surface area (Å²) in [7, 11) is 0. The van der Waals surface area contributed by atoms with E-state index in [0.717, 1.165) is 0 Å². The lowest BCUT2D eigenvalue weighted by Gasteiger charge is -2.38. The minimum atomic E-state index is -3.68. The molecule has 0 radical (unpaired) electrons. The maximum Gasteiger partial charge on any atom is 0.333 e. The Bertz CT molecular complexity index is 245. The molecule has 1 rings (SSSR count). The summed E-state index contributed by atoms with van der Waals surface area (Å²) in [5.74, 6) is -5.66. The molecule has 0 aliphatic carbocycles. The lowest BCUT2D eigenvalue weighted by atomic mass is 9.82. The molecule has 15 heavy (non-hydrogen) atoms. The average molecular weight is 222 g/mol. The summed E-state index contributed by atoms with van der Waals surface area (Å²) in [6, 6.07) is 0. The van der Waals surface area contributed by atoms with Gasteiger partial charge in [-0.05, 0) is 0 Å². The molecule has 1 aliphatic heterocycles. The molecule has 1 fully saturated rings. The van der Waals surface area contributed by atoms with Crippen molar-refractivity contribution in [3.8, 4) is 0 Å². The van der Waals surface area contributed by atoms with Crippen molar-refractivity contribution < 1.29 is 23.4 Å². The first-order valence-electron chi connectivity index (χ1n) is 5.03. The Morgan fingerprint density at radius 2 is 1.87 bits per heavy atom. The number of carbonyl (C=O) groups excluding carboxylic acids is 1. The first kappa shape index (κ1) is 12.5. The van der Waals surface area contributed by atoms with Gasteiger partial charge in [0.25, 0.3) is 0 Å². The number of Topliss-reactive ketones (excluding diaryl/α,β-unsaturated/α-hetero) is 1. The molecule has 3 nitrogen and oxygen atoms in total. The van der Waals surface area contributed by atoms with Gasteiger partial charge in [0.1, 0.15) is 5.60 Å². The van der Waals surface area contributed by atoms with Crippen LogP contribution >= 0.6 is 0 Å². The number of hydrogen-bond donors (Lipinski definition) is 1. The fraction of sp³-hybridized carbons (Fsp3) is 0.900. The van der Waals surface area contributed by atoms with Crippen LogP contribution in [0.2, 0.25) is 0 Å². The van der Waals surface area contributed by atoms with Gasteiger partial charge in [-0.1, -0.05) is 13.8 Å². The molecule has 1 heterocycles. The standard InChI is InChI=1S/C10H16F2O3/c1-7(2)8(13)10(11,12)9(14)3-5-15-6-4-9/h7,14H,3-6H2,1-2H3. The van der Waals surface area contributed by atoms with Gasteiger partial charge in [-0.15, -0.1) is 0 Å². The van der Waals surface area contributed by atoms with Crippen LogP contribution in [-0.4, -0.2) is 35.6 Å². The van der Waals surface area contributed by atoms with Gasteiger partial charge >= 0.3 is 5.92 Å². The molecular weight excluding hydrogens is 206 g/mol. The molecule has 0 spiro atoms. The van der Waals surface area contributed by atoms with Crippen molar-refractivity contribution in [2.24, 2.45) is 5.92 Å². The van der Waals surface area contributed by atoms with Crippen molar-refractivity contribution in [3.63, 3.8) is 0 Å². The highest BCUT2D eigenvalue weighted by Crippen LogP contribution is 2.38. The topological polar surface area (TPSA) is 46.5 Å². The Balaban J connectivity index is 2.87. The number of ketones is 1. The predicted octanol–water partition coefficient (Wildman–Crippen LogP) is 1.39. The Morgan fingerprint density at radius 1 is 1.40 bits per heavy atom. The minimum absolute atomic E-state index is 0.0669. The van der Waals surface area contributed by atoms with E-state index in [2.05, 4.69) is 0 Å². The SMILES string of the molecule is CC(C)C(=O)C(F)(F)C1(O)CCOCC1. The number of rotatable bonds is 3. The minimum Gasteiger partial charge on any atom is -0.383 e. The zero-order chi connectivity index (χ0) is 11.7. The van der Waals surface area contributed by atoms with Gasteiger partial charge in [-0.2, -0.15) is 8.78 Å². The number of aliphatic hydroxyl groups is 1. The molecule has 0 saturated carbocycles.